The number of benzene rings is 1. The summed E-state index contributed by atoms with van der Waals surface area (Å²) >= 11 is 0. The Morgan fingerprint density at radius 2 is 1.84 bits per heavy atom. The third kappa shape index (κ3) is 6.29. The average Bonchev–Trinajstić information content (AvgIpc) is 3.14. The van der Waals surface area contributed by atoms with Gasteiger partial charge in [-0.3, -0.25) is 4.79 Å². The van der Waals surface area contributed by atoms with E-state index in [1.165, 1.54) is 11.3 Å². The molecule has 0 saturated carbocycles. The molecule has 138 valence electrons. The molecule has 1 aliphatic rings. The van der Waals surface area contributed by atoms with Crippen LogP contribution in [0.25, 0.3) is 0 Å². The maximum absolute atomic E-state index is 12.1. The zero-order valence-electron chi connectivity index (χ0n) is 15.7. The number of nitrogens with zero attached hydrogens (tertiary/aromatic N) is 3. The van der Waals surface area contributed by atoms with Crippen LogP contribution in [0.1, 0.15) is 25.3 Å². The lowest BCUT2D eigenvalue weighted by molar-refractivity contribution is -0.128. The molecule has 0 unspecified atom stereocenters. The quantitative estimate of drug-likeness (QED) is 0.580. The summed E-state index contributed by atoms with van der Waals surface area (Å²) in [6.45, 7) is 5.56. The Balaban J connectivity index is 1.79. The standard InChI is InChI=1S/C19H31N5O/c1-4-20-19(22-15-18(25)24-13-5-6-14-24)21-12-11-16-7-9-17(10-8-16)23(2)3/h7-10H,4-6,11-15H2,1-3H3,(H2,20,21,22). The molecule has 0 radical (unpaired) electrons. The first-order valence-electron chi connectivity index (χ1n) is 9.16. The van der Waals surface area contributed by atoms with Crippen LogP contribution in [-0.2, 0) is 11.2 Å². The third-order valence-corrected chi connectivity index (χ3v) is 4.33. The molecule has 2 rings (SSSR count). The number of aliphatic imine (C=N–C) groups is 1. The van der Waals surface area contributed by atoms with Crippen LogP contribution in [0, 0.1) is 0 Å². The smallest absolute Gasteiger partial charge is 0.244 e. The van der Waals surface area contributed by atoms with Crippen LogP contribution in [0.2, 0.25) is 0 Å². The van der Waals surface area contributed by atoms with Gasteiger partial charge < -0.3 is 20.4 Å². The second-order valence-electron chi connectivity index (χ2n) is 6.52. The van der Waals surface area contributed by atoms with E-state index in [9.17, 15) is 4.79 Å². The molecular formula is C19H31N5O. The van der Waals surface area contributed by atoms with Crippen molar-refractivity contribution in [3.63, 3.8) is 0 Å². The molecule has 0 aromatic heterocycles. The van der Waals surface area contributed by atoms with Crippen LogP contribution in [0.4, 0.5) is 5.69 Å². The number of hydrogen-bond acceptors (Lipinski definition) is 3. The largest absolute Gasteiger partial charge is 0.378 e. The molecule has 0 aliphatic carbocycles. The number of amides is 1. The number of anilines is 1. The van der Waals surface area contributed by atoms with E-state index >= 15 is 0 Å². The zero-order valence-corrected chi connectivity index (χ0v) is 15.7. The summed E-state index contributed by atoms with van der Waals surface area (Å²) in [6.07, 6.45) is 3.14. The molecule has 6 heteroatoms. The zero-order chi connectivity index (χ0) is 18.1. The van der Waals surface area contributed by atoms with Gasteiger partial charge in [-0.25, -0.2) is 4.99 Å². The Hall–Kier alpha value is -2.24. The molecule has 1 heterocycles. The molecule has 1 aromatic carbocycles. The first kappa shape index (κ1) is 19.1. The van der Waals surface area contributed by atoms with Gasteiger partial charge in [-0.05, 0) is 43.9 Å². The lowest BCUT2D eigenvalue weighted by Gasteiger charge is -2.15. The summed E-state index contributed by atoms with van der Waals surface area (Å²) in [4.78, 5) is 20.5. The van der Waals surface area contributed by atoms with Crippen molar-refractivity contribution in [1.29, 1.82) is 0 Å². The van der Waals surface area contributed by atoms with Gasteiger partial charge in [-0.15, -0.1) is 0 Å². The summed E-state index contributed by atoms with van der Waals surface area (Å²) in [5.74, 6) is 0.828. The molecule has 0 bridgehead atoms. The number of guanidine groups is 1. The van der Waals surface area contributed by atoms with E-state index in [0.717, 1.165) is 45.4 Å². The van der Waals surface area contributed by atoms with Crippen molar-refractivity contribution in [2.24, 2.45) is 4.99 Å². The van der Waals surface area contributed by atoms with E-state index in [0.29, 0.717) is 5.96 Å². The van der Waals surface area contributed by atoms with Crippen LogP contribution >= 0.6 is 0 Å². The first-order valence-corrected chi connectivity index (χ1v) is 9.16. The van der Waals surface area contributed by atoms with Crippen molar-refractivity contribution < 1.29 is 4.79 Å². The summed E-state index contributed by atoms with van der Waals surface area (Å²) in [6, 6.07) is 8.56. The fourth-order valence-electron chi connectivity index (χ4n) is 2.84. The monoisotopic (exact) mass is 345 g/mol. The highest BCUT2D eigenvalue weighted by molar-refractivity contribution is 5.85. The molecule has 2 N–H and O–H groups in total. The average molecular weight is 345 g/mol. The second-order valence-corrected chi connectivity index (χ2v) is 6.52. The van der Waals surface area contributed by atoms with Gasteiger partial charge in [0.25, 0.3) is 0 Å². The van der Waals surface area contributed by atoms with E-state index in [4.69, 9.17) is 0 Å². The Morgan fingerprint density at radius 1 is 1.16 bits per heavy atom. The molecule has 25 heavy (non-hydrogen) atoms. The maximum Gasteiger partial charge on any atom is 0.244 e. The van der Waals surface area contributed by atoms with Crippen LogP contribution in [0.5, 0.6) is 0 Å². The minimum absolute atomic E-state index is 0.119. The van der Waals surface area contributed by atoms with E-state index < -0.39 is 0 Å². The number of rotatable bonds is 7. The highest BCUT2D eigenvalue weighted by atomic mass is 16.2. The predicted molar refractivity (Wildman–Crippen MR) is 104 cm³/mol. The van der Waals surface area contributed by atoms with E-state index in [1.807, 2.05) is 25.9 Å². The summed E-state index contributed by atoms with van der Waals surface area (Å²) < 4.78 is 0. The van der Waals surface area contributed by atoms with Gasteiger partial charge in [0.2, 0.25) is 5.91 Å². The fourth-order valence-corrected chi connectivity index (χ4v) is 2.84. The number of hydrogen-bond donors (Lipinski definition) is 2. The predicted octanol–water partition coefficient (Wildman–Crippen LogP) is 1.47. The molecule has 1 amide bonds. The van der Waals surface area contributed by atoms with E-state index in [1.54, 1.807) is 0 Å². The van der Waals surface area contributed by atoms with Crippen molar-refractivity contribution >= 4 is 17.6 Å². The Labute approximate surface area is 151 Å². The number of carbonyl (C=O) groups excluding carboxylic acids is 1. The van der Waals surface area contributed by atoms with Gasteiger partial charge in [0.1, 0.15) is 6.54 Å². The first-order chi connectivity index (χ1) is 12.1. The van der Waals surface area contributed by atoms with Crippen molar-refractivity contribution in [3.8, 4) is 0 Å². The summed E-state index contributed by atoms with van der Waals surface area (Å²) in [5, 5.41) is 6.51. The molecule has 1 fully saturated rings. The van der Waals surface area contributed by atoms with Crippen LogP contribution in [0.15, 0.2) is 29.3 Å². The summed E-state index contributed by atoms with van der Waals surface area (Å²) in [5.41, 5.74) is 2.48. The van der Waals surface area contributed by atoms with Crippen molar-refractivity contribution in [2.75, 3.05) is 51.7 Å². The lowest BCUT2D eigenvalue weighted by Crippen LogP contribution is -2.39. The van der Waals surface area contributed by atoms with Crippen LogP contribution in [-0.4, -0.2) is 63.6 Å². The highest BCUT2D eigenvalue weighted by Crippen LogP contribution is 2.12. The van der Waals surface area contributed by atoms with Crippen molar-refractivity contribution in [1.82, 2.24) is 15.5 Å². The van der Waals surface area contributed by atoms with Crippen molar-refractivity contribution in [2.45, 2.75) is 26.2 Å². The Kier molecular flexibility index (Phi) is 7.57. The van der Waals surface area contributed by atoms with Gasteiger partial charge >= 0.3 is 0 Å². The van der Waals surface area contributed by atoms with Gasteiger partial charge in [0.15, 0.2) is 5.96 Å². The molecule has 6 nitrogen and oxygen atoms in total. The van der Waals surface area contributed by atoms with Gasteiger partial charge in [0, 0.05) is 46.0 Å². The minimum Gasteiger partial charge on any atom is -0.378 e. The highest BCUT2D eigenvalue weighted by Gasteiger charge is 2.17. The summed E-state index contributed by atoms with van der Waals surface area (Å²) in [7, 11) is 4.08. The van der Waals surface area contributed by atoms with E-state index in [2.05, 4.69) is 44.8 Å². The maximum atomic E-state index is 12.1. The molecular weight excluding hydrogens is 314 g/mol. The van der Waals surface area contributed by atoms with Gasteiger partial charge in [0.05, 0.1) is 0 Å². The Bertz CT molecular complexity index is 562. The molecule has 0 spiro atoms. The number of carbonyl (C=O) groups is 1. The topological polar surface area (TPSA) is 60.0 Å². The Morgan fingerprint density at radius 3 is 2.44 bits per heavy atom. The SMILES string of the molecule is CCNC(=NCC(=O)N1CCCC1)NCCc1ccc(N(C)C)cc1. The van der Waals surface area contributed by atoms with Crippen LogP contribution in [0.3, 0.4) is 0 Å². The molecule has 1 saturated heterocycles. The third-order valence-electron chi connectivity index (χ3n) is 4.33. The van der Waals surface area contributed by atoms with Crippen LogP contribution < -0.4 is 15.5 Å². The van der Waals surface area contributed by atoms with Gasteiger partial charge in [-0.2, -0.15) is 0 Å². The normalized spacial score (nSPS) is 14.5. The lowest BCUT2D eigenvalue weighted by atomic mass is 10.1. The molecule has 1 aromatic rings. The van der Waals surface area contributed by atoms with E-state index in [-0.39, 0.29) is 12.5 Å². The molecule has 1 aliphatic heterocycles. The fraction of sp³-hybridized carbons (Fsp3) is 0.579. The van der Waals surface area contributed by atoms with Gasteiger partial charge in [-0.1, -0.05) is 12.1 Å². The second kappa shape index (κ2) is 9.91. The van der Waals surface area contributed by atoms with Crippen molar-refractivity contribution in [3.05, 3.63) is 29.8 Å². The number of nitrogens with one attached hydrogen (secondary N) is 2. The minimum atomic E-state index is 0.119. The molecule has 0 atom stereocenters. The number of likely N-dealkylation sites (tertiary alicyclic amines) is 1.